The molecule has 0 saturated carbocycles. The van der Waals surface area contributed by atoms with Gasteiger partial charge in [-0.1, -0.05) is 48.0 Å². The van der Waals surface area contributed by atoms with Crippen molar-refractivity contribution in [1.82, 2.24) is 5.32 Å². The quantitative estimate of drug-likeness (QED) is 0.325. The van der Waals surface area contributed by atoms with Crippen molar-refractivity contribution in [1.29, 1.82) is 0 Å². The Labute approximate surface area is 212 Å². The van der Waals surface area contributed by atoms with E-state index in [4.69, 9.17) is 4.74 Å². The summed E-state index contributed by atoms with van der Waals surface area (Å²) in [6.07, 6.45) is 0.805. The molecule has 3 rings (SSSR count). The van der Waals surface area contributed by atoms with Gasteiger partial charge in [-0.15, -0.1) is 0 Å². The summed E-state index contributed by atoms with van der Waals surface area (Å²) >= 11 is 1.81. The number of amides is 1. The van der Waals surface area contributed by atoms with E-state index in [0.29, 0.717) is 24.6 Å². The molecule has 1 amide bonds. The van der Waals surface area contributed by atoms with Gasteiger partial charge in [0, 0.05) is 12.3 Å². The van der Waals surface area contributed by atoms with E-state index in [-0.39, 0.29) is 17.3 Å². The molecule has 3 aromatic rings. The maximum Gasteiger partial charge on any atom is 0.264 e. The van der Waals surface area contributed by atoms with Crippen LogP contribution in [0, 0.1) is 6.92 Å². The Morgan fingerprint density at radius 1 is 0.971 bits per heavy atom. The number of sulfonamides is 1. The molecule has 0 aliphatic rings. The van der Waals surface area contributed by atoms with E-state index in [1.165, 1.54) is 17.7 Å². The van der Waals surface area contributed by atoms with Crippen molar-refractivity contribution in [2.75, 3.05) is 29.8 Å². The highest BCUT2D eigenvalue weighted by Crippen LogP contribution is 2.25. The molecule has 0 unspecified atom stereocenters. The van der Waals surface area contributed by atoms with Crippen LogP contribution in [0.3, 0.4) is 0 Å². The molecule has 1 N–H and O–H groups in total. The van der Waals surface area contributed by atoms with Gasteiger partial charge in [-0.2, -0.15) is 11.8 Å². The van der Waals surface area contributed by atoms with Crippen LogP contribution >= 0.6 is 11.8 Å². The fraction of sp³-hybridized carbons (Fsp3) is 0.296. The summed E-state index contributed by atoms with van der Waals surface area (Å²) in [4.78, 5) is 12.8. The number of ether oxygens (including phenoxy) is 1. The molecule has 0 radical (unpaired) electrons. The van der Waals surface area contributed by atoms with Gasteiger partial charge in [0.15, 0.2) is 0 Å². The molecular formula is C27H32N2O4S2. The van der Waals surface area contributed by atoms with Crippen LogP contribution in [-0.4, -0.2) is 39.8 Å². The van der Waals surface area contributed by atoms with Gasteiger partial charge < -0.3 is 10.1 Å². The van der Waals surface area contributed by atoms with Crippen LogP contribution in [0.25, 0.3) is 0 Å². The standard InChI is InChI=1S/C27H32N2O4S2/c1-3-33-25-14-16-26(17-15-25)35(31,32)29(24-12-10-22(2)11-13-24)20-27(30)28-18-7-19-34-21-23-8-5-4-6-9-23/h4-6,8-17H,3,7,18-21H2,1-2H3,(H,28,30). The number of carbonyl (C=O) groups excluding carboxylic acids is 1. The van der Waals surface area contributed by atoms with E-state index in [2.05, 4.69) is 17.4 Å². The third-order valence-corrected chi connectivity index (χ3v) is 8.13. The number of aryl methyl sites for hydroxylation is 1. The third-order valence-electron chi connectivity index (χ3n) is 5.23. The molecule has 6 nitrogen and oxygen atoms in total. The molecular weight excluding hydrogens is 480 g/mol. The first-order valence-electron chi connectivity index (χ1n) is 11.6. The van der Waals surface area contributed by atoms with Crippen LogP contribution < -0.4 is 14.4 Å². The molecule has 3 aromatic carbocycles. The summed E-state index contributed by atoms with van der Waals surface area (Å²) < 4.78 is 33.5. The van der Waals surface area contributed by atoms with Crippen LogP contribution in [0.15, 0.2) is 83.8 Å². The van der Waals surface area contributed by atoms with Crippen LogP contribution in [0.4, 0.5) is 5.69 Å². The van der Waals surface area contributed by atoms with Gasteiger partial charge in [0.25, 0.3) is 10.0 Å². The Kier molecular flexibility index (Phi) is 10.0. The number of rotatable bonds is 13. The topological polar surface area (TPSA) is 75.7 Å². The molecule has 35 heavy (non-hydrogen) atoms. The Hall–Kier alpha value is -2.97. The number of carbonyl (C=O) groups is 1. The van der Waals surface area contributed by atoms with Gasteiger partial charge in [0.1, 0.15) is 12.3 Å². The molecule has 0 fully saturated rings. The van der Waals surface area contributed by atoms with Crippen molar-refractivity contribution in [3.05, 3.63) is 90.0 Å². The lowest BCUT2D eigenvalue weighted by Gasteiger charge is -2.24. The minimum atomic E-state index is -3.95. The molecule has 0 saturated heterocycles. The highest BCUT2D eigenvalue weighted by Gasteiger charge is 2.27. The van der Waals surface area contributed by atoms with Gasteiger partial charge in [-0.25, -0.2) is 8.42 Å². The number of anilines is 1. The molecule has 0 aromatic heterocycles. The first-order valence-corrected chi connectivity index (χ1v) is 14.2. The largest absolute Gasteiger partial charge is 0.494 e. The van der Waals surface area contributed by atoms with Crippen molar-refractivity contribution in [3.8, 4) is 5.75 Å². The second kappa shape index (κ2) is 13.2. The van der Waals surface area contributed by atoms with Gasteiger partial charge in [-0.05, 0) is 68.0 Å². The Balaban J connectivity index is 1.61. The Morgan fingerprint density at radius 2 is 1.66 bits per heavy atom. The first kappa shape index (κ1) is 26.6. The van der Waals surface area contributed by atoms with Crippen LogP contribution in [-0.2, 0) is 20.6 Å². The van der Waals surface area contributed by atoms with Crippen molar-refractivity contribution in [2.45, 2.75) is 30.9 Å². The Bertz CT molecular complexity index is 1170. The summed E-state index contributed by atoms with van der Waals surface area (Å²) in [5.41, 5.74) is 2.72. The van der Waals surface area contributed by atoms with Crippen molar-refractivity contribution in [3.63, 3.8) is 0 Å². The summed E-state index contributed by atoms with van der Waals surface area (Å²) in [5.74, 6) is 2.09. The second-order valence-electron chi connectivity index (χ2n) is 7.99. The van der Waals surface area contributed by atoms with Gasteiger partial charge in [0.05, 0.1) is 17.2 Å². The molecule has 0 atom stereocenters. The molecule has 186 valence electrons. The minimum Gasteiger partial charge on any atom is -0.494 e. The number of hydrogen-bond acceptors (Lipinski definition) is 5. The lowest BCUT2D eigenvalue weighted by Crippen LogP contribution is -2.41. The average Bonchev–Trinajstić information content (AvgIpc) is 2.86. The first-order chi connectivity index (χ1) is 16.9. The molecule has 0 aliphatic carbocycles. The Morgan fingerprint density at radius 3 is 2.31 bits per heavy atom. The van der Waals surface area contributed by atoms with Crippen molar-refractivity contribution >= 4 is 33.4 Å². The minimum absolute atomic E-state index is 0.103. The van der Waals surface area contributed by atoms with E-state index >= 15 is 0 Å². The smallest absolute Gasteiger partial charge is 0.264 e. The molecule has 8 heteroatoms. The van der Waals surface area contributed by atoms with Crippen LogP contribution in [0.2, 0.25) is 0 Å². The summed E-state index contributed by atoms with van der Waals surface area (Å²) in [7, 11) is -3.95. The summed E-state index contributed by atoms with van der Waals surface area (Å²) in [6.45, 7) is 4.48. The van der Waals surface area contributed by atoms with E-state index in [1.54, 1.807) is 24.3 Å². The highest BCUT2D eigenvalue weighted by atomic mass is 32.2. The number of benzene rings is 3. The van der Waals surface area contributed by atoms with Crippen molar-refractivity contribution < 1.29 is 17.9 Å². The van der Waals surface area contributed by atoms with Gasteiger partial charge in [0.2, 0.25) is 5.91 Å². The van der Waals surface area contributed by atoms with Crippen LogP contribution in [0.5, 0.6) is 5.75 Å². The molecule has 0 heterocycles. The van der Waals surface area contributed by atoms with Gasteiger partial charge in [-0.3, -0.25) is 9.10 Å². The van der Waals surface area contributed by atoms with Crippen molar-refractivity contribution in [2.24, 2.45) is 0 Å². The van der Waals surface area contributed by atoms with E-state index in [1.807, 2.05) is 55.9 Å². The summed E-state index contributed by atoms with van der Waals surface area (Å²) in [5, 5.41) is 2.86. The zero-order valence-electron chi connectivity index (χ0n) is 20.1. The maximum absolute atomic E-state index is 13.5. The van der Waals surface area contributed by atoms with E-state index < -0.39 is 10.0 Å². The number of hydrogen-bond donors (Lipinski definition) is 1. The van der Waals surface area contributed by atoms with E-state index in [0.717, 1.165) is 27.8 Å². The predicted molar refractivity (Wildman–Crippen MR) is 144 cm³/mol. The average molecular weight is 513 g/mol. The number of thioether (sulfide) groups is 1. The SMILES string of the molecule is CCOc1ccc(S(=O)(=O)N(CC(=O)NCCCSCc2ccccc2)c2ccc(C)cc2)cc1. The molecule has 0 aliphatic heterocycles. The molecule has 0 bridgehead atoms. The number of nitrogens with zero attached hydrogens (tertiary/aromatic N) is 1. The van der Waals surface area contributed by atoms with E-state index in [9.17, 15) is 13.2 Å². The fourth-order valence-corrected chi connectivity index (χ4v) is 5.72. The third kappa shape index (κ3) is 8.04. The zero-order valence-corrected chi connectivity index (χ0v) is 21.8. The highest BCUT2D eigenvalue weighted by molar-refractivity contribution is 7.98. The zero-order chi connectivity index (χ0) is 25.1. The predicted octanol–water partition coefficient (Wildman–Crippen LogP) is 5.03. The second-order valence-corrected chi connectivity index (χ2v) is 11.0. The monoisotopic (exact) mass is 512 g/mol. The lowest BCUT2D eigenvalue weighted by molar-refractivity contribution is -0.119. The lowest BCUT2D eigenvalue weighted by atomic mass is 10.2. The molecule has 0 spiro atoms. The van der Waals surface area contributed by atoms with Gasteiger partial charge >= 0.3 is 0 Å². The normalized spacial score (nSPS) is 11.1. The fourth-order valence-electron chi connectivity index (χ4n) is 3.38. The maximum atomic E-state index is 13.5. The number of nitrogens with one attached hydrogen (secondary N) is 1. The van der Waals surface area contributed by atoms with Crippen LogP contribution in [0.1, 0.15) is 24.5 Å². The summed E-state index contributed by atoms with van der Waals surface area (Å²) in [6, 6.07) is 23.6.